The van der Waals surface area contributed by atoms with E-state index in [0.29, 0.717) is 11.0 Å². The van der Waals surface area contributed by atoms with Gasteiger partial charge in [-0.1, -0.05) is 23.4 Å². The molecule has 1 saturated heterocycles. The average Bonchev–Trinajstić information content (AvgIpc) is 2.80. The van der Waals surface area contributed by atoms with Gasteiger partial charge in [-0.05, 0) is 19.1 Å². The van der Waals surface area contributed by atoms with Crippen LogP contribution < -0.4 is 4.90 Å². The second kappa shape index (κ2) is 5.05. The van der Waals surface area contributed by atoms with E-state index >= 15 is 0 Å². The molecule has 0 unspecified atom stereocenters. The molecule has 0 N–H and O–H groups in total. The van der Waals surface area contributed by atoms with E-state index in [1.54, 1.807) is 0 Å². The van der Waals surface area contributed by atoms with Crippen LogP contribution in [0.3, 0.4) is 0 Å². The van der Waals surface area contributed by atoms with Crippen molar-refractivity contribution in [3.05, 3.63) is 15.3 Å². The third kappa shape index (κ3) is 2.44. The van der Waals surface area contributed by atoms with Crippen LogP contribution in [0.25, 0.3) is 0 Å². The van der Waals surface area contributed by atoms with E-state index in [1.165, 1.54) is 11.8 Å². The van der Waals surface area contributed by atoms with Gasteiger partial charge in [-0.15, -0.1) is 0 Å². The summed E-state index contributed by atoms with van der Waals surface area (Å²) in [5.41, 5.74) is -0.189. The molecule has 0 radical (unpaired) electrons. The van der Waals surface area contributed by atoms with Gasteiger partial charge in [0.1, 0.15) is 0 Å². The maximum absolute atomic E-state index is 11.0. The van der Waals surface area contributed by atoms with Crippen molar-refractivity contribution in [2.75, 3.05) is 24.2 Å². The van der Waals surface area contributed by atoms with Gasteiger partial charge in [0, 0.05) is 13.1 Å². The van der Waals surface area contributed by atoms with Gasteiger partial charge >= 0.3 is 5.69 Å². The average molecular weight is 275 g/mol. The van der Waals surface area contributed by atoms with E-state index in [4.69, 9.17) is 11.6 Å². The first-order valence-corrected chi connectivity index (χ1v) is 6.74. The fourth-order valence-corrected chi connectivity index (χ4v) is 2.44. The number of nitrogens with zero attached hydrogens (tertiary/aromatic N) is 4. The highest BCUT2D eigenvalue weighted by atomic mass is 35.5. The maximum Gasteiger partial charge on any atom is 0.348 e. The minimum atomic E-state index is -0.514. The first-order chi connectivity index (χ1) is 8.13. The summed E-state index contributed by atoms with van der Waals surface area (Å²) in [5.74, 6) is 0.344. The van der Waals surface area contributed by atoms with Crippen molar-refractivity contribution in [3.63, 3.8) is 0 Å². The molecule has 1 aromatic heterocycles. The fourth-order valence-electron chi connectivity index (χ4n) is 1.80. The molecule has 0 spiro atoms. The lowest BCUT2D eigenvalue weighted by atomic mass is 10.4. The number of rotatable bonds is 3. The normalized spacial score (nSPS) is 15.3. The van der Waals surface area contributed by atoms with Crippen molar-refractivity contribution in [1.82, 2.24) is 9.97 Å². The van der Waals surface area contributed by atoms with E-state index in [-0.39, 0.29) is 10.8 Å². The van der Waals surface area contributed by atoms with Crippen LogP contribution in [-0.2, 0) is 0 Å². The lowest BCUT2D eigenvalue weighted by Crippen LogP contribution is -2.21. The maximum atomic E-state index is 11.0. The lowest BCUT2D eigenvalue weighted by molar-refractivity contribution is -0.384. The minimum absolute atomic E-state index is 0.0868. The van der Waals surface area contributed by atoms with Crippen LogP contribution in [0.1, 0.15) is 12.8 Å². The molecule has 2 rings (SSSR count). The Bertz CT molecular complexity index is 451. The molecule has 0 aromatic carbocycles. The smallest absolute Gasteiger partial charge is 0.348 e. The second-order valence-electron chi connectivity index (χ2n) is 3.62. The summed E-state index contributed by atoms with van der Waals surface area (Å²) in [7, 11) is 0. The van der Waals surface area contributed by atoms with Gasteiger partial charge in [0.25, 0.3) is 0 Å². The monoisotopic (exact) mass is 274 g/mol. The van der Waals surface area contributed by atoms with Gasteiger partial charge < -0.3 is 4.90 Å². The van der Waals surface area contributed by atoms with Crippen LogP contribution in [0.5, 0.6) is 0 Å². The van der Waals surface area contributed by atoms with Crippen molar-refractivity contribution >= 4 is 34.9 Å². The third-order valence-corrected chi connectivity index (χ3v) is 3.38. The third-order valence-electron chi connectivity index (χ3n) is 2.57. The van der Waals surface area contributed by atoms with Gasteiger partial charge in [-0.25, -0.2) is 4.98 Å². The molecule has 1 fully saturated rings. The molecule has 0 bridgehead atoms. The Morgan fingerprint density at radius 2 is 2.06 bits per heavy atom. The Balaban J connectivity index is 2.51. The number of anilines is 1. The van der Waals surface area contributed by atoms with Crippen LogP contribution in [0.15, 0.2) is 5.16 Å². The summed E-state index contributed by atoms with van der Waals surface area (Å²) in [6.07, 6.45) is 3.85. The van der Waals surface area contributed by atoms with Crippen molar-refractivity contribution in [2.45, 2.75) is 18.0 Å². The highest BCUT2D eigenvalue weighted by Crippen LogP contribution is 2.35. The molecule has 0 atom stereocenters. The summed E-state index contributed by atoms with van der Waals surface area (Å²) in [4.78, 5) is 20.5. The molecule has 17 heavy (non-hydrogen) atoms. The summed E-state index contributed by atoms with van der Waals surface area (Å²) in [5, 5.41) is 11.4. The Hall–Kier alpha value is -1.08. The Morgan fingerprint density at radius 3 is 2.59 bits per heavy atom. The molecule has 1 aliphatic rings. The molecule has 92 valence electrons. The van der Waals surface area contributed by atoms with E-state index < -0.39 is 4.92 Å². The van der Waals surface area contributed by atoms with E-state index in [9.17, 15) is 10.1 Å². The summed E-state index contributed by atoms with van der Waals surface area (Å²) < 4.78 is 0. The lowest BCUT2D eigenvalue weighted by Gasteiger charge is -2.16. The van der Waals surface area contributed by atoms with Gasteiger partial charge in [0.05, 0.1) is 4.92 Å². The fraction of sp³-hybridized carbons (Fsp3) is 0.556. The van der Waals surface area contributed by atoms with Crippen molar-refractivity contribution in [3.8, 4) is 0 Å². The second-order valence-corrected chi connectivity index (χ2v) is 4.76. The quantitative estimate of drug-likeness (QED) is 0.277. The van der Waals surface area contributed by atoms with Crippen LogP contribution in [0, 0.1) is 10.1 Å². The zero-order valence-corrected chi connectivity index (χ0v) is 10.8. The van der Waals surface area contributed by atoms with Crippen LogP contribution >= 0.6 is 23.4 Å². The standard InChI is InChI=1S/C9H11ClN4O2S/c1-17-9-11-7(10)6(14(15)16)8(12-9)13-4-2-3-5-13/h2-5H2,1H3. The highest BCUT2D eigenvalue weighted by molar-refractivity contribution is 7.98. The van der Waals surface area contributed by atoms with Gasteiger partial charge in [-0.2, -0.15) is 4.98 Å². The minimum Gasteiger partial charge on any atom is -0.351 e. The largest absolute Gasteiger partial charge is 0.351 e. The summed E-state index contributed by atoms with van der Waals surface area (Å²) >= 11 is 7.17. The van der Waals surface area contributed by atoms with Crippen molar-refractivity contribution < 1.29 is 4.92 Å². The Labute approximate surface area is 108 Å². The zero-order valence-electron chi connectivity index (χ0n) is 9.22. The van der Waals surface area contributed by atoms with Crippen molar-refractivity contribution in [2.24, 2.45) is 0 Å². The van der Waals surface area contributed by atoms with Crippen LogP contribution in [0.4, 0.5) is 11.5 Å². The molecule has 2 heterocycles. The first-order valence-electron chi connectivity index (χ1n) is 5.14. The predicted octanol–water partition coefficient (Wildman–Crippen LogP) is 2.36. The molecule has 1 aliphatic heterocycles. The SMILES string of the molecule is CSc1nc(Cl)c([N+](=O)[O-])c(N2CCCC2)n1. The Morgan fingerprint density at radius 1 is 1.41 bits per heavy atom. The number of hydrogen-bond donors (Lipinski definition) is 0. The van der Waals surface area contributed by atoms with Gasteiger partial charge in [0.2, 0.25) is 11.0 Å². The van der Waals surface area contributed by atoms with Crippen LogP contribution in [-0.4, -0.2) is 34.2 Å². The Kier molecular flexibility index (Phi) is 3.68. The molecule has 0 saturated carbocycles. The summed E-state index contributed by atoms with van der Waals surface area (Å²) in [6, 6.07) is 0. The first kappa shape index (κ1) is 12.4. The molecular formula is C9H11ClN4O2S. The van der Waals surface area contributed by atoms with Crippen LogP contribution in [0.2, 0.25) is 5.15 Å². The number of thioether (sulfide) groups is 1. The molecule has 8 heteroatoms. The van der Waals surface area contributed by atoms with E-state index in [1.807, 2.05) is 11.2 Å². The predicted molar refractivity (Wildman–Crippen MR) is 66.9 cm³/mol. The molecule has 0 aliphatic carbocycles. The molecule has 0 amide bonds. The molecule has 1 aromatic rings. The number of halogens is 1. The summed E-state index contributed by atoms with van der Waals surface area (Å²) in [6.45, 7) is 1.56. The molecular weight excluding hydrogens is 264 g/mol. The number of hydrogen-bond acceptors (Lipinski definition) is 6. The topological polar surface area (TPSA) is 72.2 Å². The number of aromatic nitrogens is 2. The molecule has 6 nitrogen and oxygen atoms in total. The van der Waals surface area contributed by atoms with E-state index in [0.717, 1.165) is 25.9 Å². The zero-order chi connectivity index (χ0) is 12.4. The highest BCUT2D eigenvalue weighted by Gasteiger charge is 2.28. The van der Waals surface area contributed by atoms with Gasteiger partial charge in [-0.3, -0.25) is 10.1 Å². The van der Waals surface area contributed by atoms with E-state index in [2.05, 4.69) is 9.97 Å². The van der Waals surface area contributed by atoms with Crippen molar-refractivity contribution in [1.29, 1.82) is 0 Å². The number of nitro groups is 1. The van der Waals surface area contributed by atoms with Gasteiger partial charge in [0.15, 0.2) is 5.16 Å².